The van der Waals surface area contributed by atoms with Gasteiger partial charge in [0.05, 0.1) is 18.4 Å². The predicted octanol–water partition coefficient (Wildman–Crippen LogP) is 4.30. The van der Waals surface area contributed by atoms with Crippen molar-refractivity contribution < 1.29 is 81.0 Å². The molecule has 0 bridgehead atoms. The zero-order valence-electron chi connectivity index (χ0n) is 33.1. The summed E-state index contributed by atoms with van der Waals surface area (Å²) in [7, 11) is 1.31. The van der Waals surface area contributed by atoms with Crippen LogP contribution in [0, 0.1) is 0 Å². The van der Waals surface area contributed by atoms with E-state index in [-0.39, 0.29) is 51.2 Å². The molecular weight excluding hydrogens is 804 g/mol. The van der Waals surface area contributed by atoms with Crippen LogP contribution >= 0.6 is 0 Å². The number of methoxy groups -OCH3 is 1. The zero-order chi connectivity index (χ0) is 44.0. The number of carbonyl (C=O) groups excluding carboxylic acids is 8. The van der Waals surface area contributed by atoms with Gasteiger partial charge in [-0.15, -0.1) is 0 Å². The molecule has 2 aliphatic heterocycles. The SMILES string of the molecule is COc1cc(NC(=O)c2ccc3c(c2)C(=O)OC32c3ccc(OC(C)=O)cc3Oc3cc(OC(C)=O)ccc32)ccc1N(CC(=O)OCOC(C)=O)CC(=O)OCOC(C)=O. The van der Waals surface area contributed by atoms with Crippen LogP contribution in [0.2, 0.25) is 0 Å². The Morgan fingerprint density at radius 1 is 0.639 bits per heavy atom. The lowest BCUT2D eigenvalue weighted by Gasteiger charge is -2.36. The standard InChI is InChI=1S/C42H36N2O17/c1-22(45)54-20-56-38(49)18-44(19-39(50)57-21-55-23(2)46)34-13-7-27(15-37(34)53-5)43-40(51)26-6-10-31-30(14-26)41(52)61-42(31)32-11-8-28(58-24(3)47)16-35(32)60-36-17-29(59-25(4)48)9-12-33(36)42/h6-17H,18-21H2,1-5H3,(H,43,51). The summed E-state index contributed by atoms with van der Waals surface area (Å²) in [6, 6.07) is 17.9. The number of hydrogen-bond donors (Lipinski definition) is 1. The van der Waals surface area contributed by atoms with E-state index in [1.165, 1.54) is 80.5 Å². The van der Waals surface area contributed by atoms with Gasteiger partial charge in [0.15, 0.2) is 5.60 Å². The number of carbonyl (C=O) groups is 8. The first-order valence-corrected chi connectivity index (χ1v) is 18.1. The van der Waals surface area contributed by atoms with Gasteiger partial charge in [0.25, 0.3) is 5.91 Å². The van der Waals surface area contributed by atoms with Crippen molar-refractivity contribution in [2.45, 2.75) is 33.3 Å². The average Bonchev–Trinajstić information content (AvgIpc) is 3.47. The Kier molecular flexibility index (Phi) is 12.5. The normalized spacial score (nSPS) is 12.5. The fourth-order valence-electron chi connectivity index (χ4n) is 6.49. The first-order chi connectivity index (χ1) is 29.1. The molecule has 1 amide bonds. The number of esters is 7. The fraction of sp³-hybridized carbons (Fsp3) is 0.238. The molecule has 0 unspecified atom stereocenters. The summed E-state index contributed by atoms with van der Waals surface area (Å²) in [5.41, 5.74) is 0.0491. The van der Waals surface area contributed by atoms with Crippen LogP contribution in [0.3, 0.4) is 0 Å². The van der Waals surface area contributed by atoms with Gasteiger partial charge in [0, 0.05) is 73.8 Å². The third-order valence-corrected chi connectivity index (χ3v) is 8.92. The van der Waals surface area contributed by atoms with Crippen LogP contribution in [0.25, 0.3) is 0 Å². The Balaban J connectivity index is 1.29. The summed E-state index contributed by atoms with van der Waals surface area (Å²) in [4.78, 5) is 99.7. The number of benzene rings is 4. The Labute approximate surface area is 346 Å². The molecule has 0 aromatic heterocycles. The minimum atomic E-state index is -1.59. The monoisotopic (exact) mass is 840 g/mol. The number of ether oxygens (including phenoxy) is 9. The molecule has 19 heteroatoms. The van der Waals surface area contributed by atoms with Gasteiger partial charge < -0.3 is 52.8 Å². The Morgan fingerprint density at radius 3 is 1.69 bits per heavy atom. The van der Waals surface area contributed by atoms with Crippen LogP contribution in [0.4, 0.5) is 11.4 Å². The second kappa shape index (κ2) is 17.9. The summed E-state index contributed by atoms with van der Waals surface area (Å²) >= 11 is 0. The summed E-state index contributed by atoms with van der Waals surface area (Å²) < 4.78 is 47.6. The molecule has 316 valence electrons. The van der Waals surface area contributed by atoms with Gasteiger partial charge in [-0.2, -0.15) is 0 Å². The van der Waals surface area contributed by atoms with Gasteiger partial charge in [-0.1, -0.05) is 6.07 Å². The van der Waals surface area contributed by atoms with E-state index < -0.39 is 80.0 Å². The maximum absolute atomic E-state index is 13.8. The summed E-state index contributed by atoms with van der Waals surface area (Å²) in [5, 5.41) is 2.74. The second-order valence-electron chi connectivity index (χ2n) is 13.2. The molecule has 4 aromatic carbocycles. The number of amides is 1. The molecule has 61 heavy (non-hydrogen) atoms. The first kappa shape index (κ1) is 42.6. The van der Waals surface area contributed by atoms with E-state index in [1.54, 1.807) is 18.2 Å². The number of nitrogens with zero attached hydrogens (tertiary/aromatic N) is 1. The van der Waals surface area contributed by atoms with Gasteiger partial charge in [-0.25, -0.2) is 4.79 Å². The molecule has 0 fully saturated rings. The molecule has 0 aliphatic carbocycles. The topological polar surface area (TPSA) is 235 Å². The van der Waals surface area contributed by atoms with Crippen LogP contribution in [-0.4, -0.2) is 81.5 Å². The third-order valence-electron chi connectivity index (χ3n) is 8.92. The number of hydrogen-bond acceptors (Lipinski definition) is 18. The van der Waals surface area contributed by atoms with Gasteiger partial charge >= 0.3 is 41.8 Å². The van der Waals surface area contributed by atoms with Gasteiger partial charge in [-0.3, -0.25) is 33.6 Å². The van der Waals surface area contributed by atoms with E-state index in [0.29, 0.717) is 16.7 Å². The third kappa shape index (κ3) is 9.51. The number of anilines is 2. The highest BCUT2D eigenvalue weighted by molar-refractivity contribution is 6.07. The summed E-state index contributed by atoms with van der Waals surface area (Å²) in [6.45, 7) is 2.27. The lowest BCUT2D eigenvalue weighted by Crippen LogP contribution is -2.37. The highest BCUT2D eigenvalue weighted by atomic mass is 16.7. The Bertz CT molecular complexity index is 2380. The maximum Gasteiger partial charge on any atom is 0.340 e. The molecule has 19 nitrogen and oxygen atoms in total. The van der Waals surface area contributed by atoms with Gasteiger partial charge in [0.2, 0.25) is 13.6 Å². The van der Waals surface area contributed by atoms with Crippen LogP contribution in [0.1, 0.15) is 65.1 Å². The maximum atomic E-state index is 13.8. The predicted molar refractivity (Wildman–Crippen MR) is 206 cm³/mol. The van der Waals surface area contributed by atoms with Crippen molar-refractivity contribution >= 4 is 59.1 Å². The molecule has 0 saturated heterocycles. The molecule has 1 spiro atoms. The van der Waals surface area contributed by atoms with Crippen molar-refractivity contribution in [1.82, 2.24) is 0 Å². The smallest absolute Gasteiger partial charge is 0.340 e. The van der Waals surface area contributed by atoms with Crippen molar-refractivity contribution in [3.63, 3.8) is 0 Å². The zero-order valence-corrected chi connectivity index (χ0v) is 33.1. The van der Waals surface area contributed by atoms with E-state index in [1.807, 2.05) is 0 Å². The van der Waals surface area contributed by atoms with Crippen molar-refractivity contribution in [2.75, 3.05) is 44.0 Å². The molecule has 2 heterocycles. The van der Waals surface area contributed by atoms with Crippen LogP contribution < -0.4 is 29.2 Å². The Hall–Kier alpha value is -7.96. The lowest BCUT2D eigenvalue weighted by molar-refractivity contribution is -0.165. The van der Waals surface area contributed by atoms with Gasteiger partial charge in [0.1, 0.15) is 41.8 Å². The summed E-state index contributed by atoms with van der Waals surface area (Å²) in [6.07, 6.45) is 0. The number of rotatable bonds is 14. The molecule has 4 aromatic rings. The highest BCUT2D eigenvalue weighted by Crippen LogP contribution is 2.57. The average molecular weight is 841 g/mol. The van der Waals surface area contributed by atoms with Crippen LogP contribution in [-0.2, 0) is 58.1 Å². The van der Waals surface area contributed by atoms with E-state index in [4.69, 9.17) is 33.2 Å². The first-order valence-electron chi connectivity index (χ1n) is 18.1. The van der Waals surface area contributed by atoms with Crippen molar-refractivity contribution in [3.05, 3.63) is 101 Å². The minimum Gasteiger partial charge on any atom is -0.495 e. The fourth-order valence-corrected chi connectivity index (χ4v) is 6.49. The number of fused-ring (bicyclic) bond motifs is 6. The van der Waals surface area contributed by atoms with E-state index in [0.717, 1.165) is 13.8 Å². The van der Waals surface area contributed by atoms with Gasteiger partial charge in [-0.05, 0) is 48.5 Å². The minimum absolute atomic E-state index is 0.0596. The molecule has 0 radical (unpaired) electrons. The van der Waals surface area contributed by atoms with Crippen LogP contribution in [0.15, 0.2) is 72.8 Å². The highest BCUT2D eigenvalue weighted by Gasteiger charge is 2.54. The molecule has 0 atom stereocenters. The molecular formula is C42H36N2O17. The molecule has 1 N–H and O–H groups in total. The quantitative estimate of drug-likeness (QED) is 0.0806. The number of nitrogens with one attached hydrogen (secondary N) is 1. The van der Waals surface area contributed by atoms with Crippen molar-refractivity contribution in [1.29, 1.82) is 0 Å². The molecule has 0 saturated carbocycles. The lowest BCUT2D eigenvalue weighted by atomic mass is 9.77. The van der Waals surface area contributed by atoms with E-state index >= 15 is 0 Å². The second-order valence-corrected chi connectivity index (χ2v) is 13.2. The Morgan fingerprint density at radius 2 is 1.18 bits per heavy atom. The van der Waals surface area contributed by atoms with Crippen LogP contribution in [0.5, 0.6) is 28.7 Å². The largest absolute Gasteiger partial charge is 0.495 e. The van der Waals surface area contributed by atoms with Crippen molar-refractivity contribution in [2.24, 2.45) is 0 Å². The van der Waals surface area contributed by atoms with Crippen molar-refractivity contribution in [3.8, 4) is 28.7 Å². The molecule has 2 aliphatic rings. The molecule has 6 rings (SSSR count). The van der Waals surface area contributed by atoms with E-state index in [9.17, 15) is 38.4 Å². The summed E-state index contributed by atoms with van der Waals surface area (Å²) in [5.74, 6) is -4.94. The van der Waals surface area contributed by atoms with E-state index in [2.05, 4.69) is 14.8 Å².